The summed E-state index contributed by atoms with van der Waals surface area (Å²) in [5, 5.41) is 26.8. The molecule has 0 aliphatic rings. The Morgan fingerprint density at radius 3 is 0.683 bits per heavy atom. The predicted molar refractivity (Wildman–Crippen MR) is 608 cm³/mol. The lowest BCUT2D eigenvalue weighted by molar-refractivity contribution is -0.123. The Bertz CT molecular complexity index is 4670. The Hall–Kier alpha value is -8.34. The Kier molecular flexibility index (Phi) is 58.0. The van der Waals surface area contributed by atoms with Crippen LogP contribution in [0, 0.1) is 0 Å². The third-order valence-electron chi connectivity index (χ3n) is 29.0. The number of ether oxygens (including phenoxy) is 6. The molecule has 10 aromatic carbocycles. The minimum atomic E-state index is -1.09. The third kappa shape index (κ3) is 41.5. The van der Waals surface area contributed by atoms with Gasteiger partial charge in [0.2, 0.25) is 23.3 Å². The van der Waals surface area contributed by atoms with Crippen molar-refractivity contribution < 1.29 is 47.6 Å². The van der Waals surface area contributed by atoms with Crippen molar-refractivity contribution in [3.05, 3.63) is 156 Å². The van der Waals surface area contributed by atoms with Crippen LogP contribution in [-0.2, 0) is 22.7 Å². The van der Waals surface area contributed by atoms with Gasteiger partial charge >= 0.3 is 0 Å². The van der Waals surface area contributed by atoms with Gasteiger partial charge in [-0.15, -0.1) is 0 Å². The quantitative estimate of drug-likeness (QED) is 0.0162. The van der Waals surface area contributed by atoms with Crippen molar-refractivity contribution in [1.82, 2.24) is 21.3 Å². The van der Waals surface area contributed by atoms with Crippen LogP contribution >= 0.6 is 21.6 Å². The van der Waals surface area contributed by atoms with Crippen LogP contribution < -0.4 is 49.7 Å². The molecule has 0 heterocycles. The van der Waals surface area contributed by atoms with Crippen molar-refractivity contribution in [2.75, 3.05) is 51.1 Å². The van der Waals surface area contributed by atoms with Crippen molar-refractivity contribution in [1.29, 1.82) is 0 Å². The monoisotopic (exact) mass is 1980 g/mol. The molecule has 2 atom stereocenters. The lowest BCUT2D eigenvalue weighted by atomic mass is 9.92. The molecular formula is C126H186N4O10S2. The number of hydrogen-bond acceptors (Lipinski definition) is 12. The fraction of sp³-hybridized carbons (Fsp3) is 0.619. The molecule has 4 N–H and O–H groups in total. The minimum Gasteiger partial charge on any atom is -0.490 e. The van der Waals surface area contributed by atoms with Gasteiger partial charge in [-0.25, -0.2) is 0 Å². The molecule has 0 aromatic heterocycles. The van der Waals surface area contributed by atoms with Gasteiger partial charge in [-0.3, -0.25) is 19.2 Å². The first-order valence-corrected chi connectivity index (χ1v) is 60.4. The Balaban J connectivity index is 0.954. The maximum absolute atomic E-state index is 15.8. The average Bonchev–Trinajstić information content (AvgIpc) is 0.743. The zero-order chi connectivity index (χ0) is 99.7. The molecule has 142 heavy (non-hydrogen) atoms. The lowest BCUT2D eigenvalue weighted by Gasteiger charge is -2.22. The Morgan fingerprint density at radius 1 is 0.239 bits per heavy atom. The summed E-state index contributed by atoms with van der Waals surface area (Å²) in [6, 6.07) is 43.6. The van der Waals surface area contributed by atoms with E-state index in [2.05, 4.69) is 172 Å². The molecular weight excluding hydrogens is 1790 g/mol. The summed E-state index contributed by atoms with van der Waals surface area (Å²) in [6.07, 6.45) is 71.6. The molecule has 4 amide bonds. The molecule has 14 nitrogen and oxygen atoms in total. The highest BCUT2D eigenvalue weighted by Crippen LogP contribution is 2.44. The smallest absolute Gasteiger partial charge is 0.252 e. The van der Waals surface area contributed by atoms with Crippen LogP contribution in [0.5, 0.6) is 34.5 Å². The van der Waals surface area contributed by atoms with Crippen LogP contribution in [0.4, 0.5) is 0 Å². The molecule has 0 unspecified atom stereocenters. The topological polar surface area (TPSA) is 172 Å². The van der Waals surface area contributed by atoms with Gasteiger partial charge in [0.05, 0.1) is 39.6 Å². The summed E-state index contributed by atoms with van der Waals surface area (Å²) in [5.41, 5.74) is 2.49. The number of rotatable bonds is 87. The van der Waals surface area contributed by atoms with Crippen molar-refractivity contribution in [2.45, 2.75) is 452 Å². The molecule has 0 saturated carbocycles. The van der Waals surface area contributed by atoms with Gasteiger partial charge in [0.1, 0.15) is 12.1 Å². The minimum absolute atomic E-state index is 0.0933. The third-order valence-corrected chi connectivity index (χ3v) is 31.4. The fourth-order valence-electron chi connectivity index (χ4n) is 20.3. The van der Waals surface area contributed by atoms with E-state index in [0.717, 1.165) is 181 Å². The number of carbonyl (C=O) groups is 4. The van der Waals surface area contributed by atoms with Gasteiger partial charge in [0.15, 0.2) is 23.0 Å². The highest BCUT2D eigenvalue weighted by molar-refractivity contribution is 8.76. The highest BCUT2D eigenvalue weighted by atomic mass is 33.1. The largest absolute Gasteiger partial charge is 0.490 e. The predicted octanol–water partition coefficient (Wildman–Crippen LogP) is 36.2. The first kappa shape index (κ1) is 116. The number of unbranched alkanes of at least 4 members (excludes halogenated alkanes) is 54. The molecule has 0 fully saturated rings. The number of amides is 4. The van der Waals surface area contributed by atoms with Crippen LogP contribution in [-0.4, -0.2) is 86.9 Å². The molecule has 0 saturated heterocycles. The standard InChI is InChI=1S/C126H186N4O10S2/c1-7-13-19-25-31-37-43-49-55-61-85-135-113-91-107(92-114(136-86-62-56-50-44-38-32-26-20-14-8-2)121(113)139-89-65-59-53-47-41-35-29-23-17-11-5)123(131)129-111(125(133)127-95-105-79-77-103-75-73-99-69-67-71-101-81-83-109(105)119(103)117(99)101)97-141-142-98-112(126(134)128-96-106-80-78-104-76-74-100-70-68-72-102-82-84-110(106)120(104)118(100)102)130-124(132)108-93-115(137-87-63-57-51-45-39-33-27-21-15-9-3)122(140-90-66-60-54-48-42-36-30-24-18-12-6)116(94-108)138-88-64-58-52-46-40-34-28-22-16-10-4/h67-84,91-94,111-112H,7-66,85-90,95-98H2,1-6H3,(H,127,133)(H,128,134)(H,129,131)(H,130,132)/t111-,112-/m0/s1. The summed E-state index contributed by atoms with van der Waals surface area (Å²) in [7, 11) is 2.75. The molecule has 0 bridgehead atoms. The number of nitrogens with one attached hydrogen (secondary N) is 4. The Labute approximate surface area is 866 Å². The second kappa shape index (κ2) is 71.2. The van der Waals surface area contributed by atoms with Gasteiger partial charge in [-0.2, -0.15) is 0 Å². The normalized spacial score (nSPS) is 12.1. The Morgan fingerprint density at radius 2 is 0.444 bits per heavy atom. The zero-order valence-electron chi connectivity index (χ0n) is 89.3. The summed E-state index contributed by atoms with van der Waals surface area (Å²) in [4.78, 5) is 62.9. The molecule has 0 radical (unpaired) electrons. The van der Waals surface area contributed by atoms with E-state index in [0.29, 0.717) is 85.3 Å². The van der Waals surface area contributed by atoms with Gasteiger partial charge in [-0.1, -0.05) is 519 Å². The number of carbonyl (C=O) groups excluding carboxylic acids is 4. The van der Waals surface area contributed by atoms with E-state index in [1.165, 1.54) is 302 Å². The van der Waals surface area contributed by atoms with E-state index in [-0.39, 0.29) is 36.4 Å². The van der Waals surface area contributed by atoms with Crippen LogP contribution in [0.15, 0.2) is 133 Å². The van der Waals surface area contributed by atoms with Gasteiger partial charge in [0.25, 0.3) is 11.8 Å². The summed E-state index contributed by atoms with van der Waals surface area (Å²) in [6.45, 7) is 16.8. The van der Waals surface area contributed by atoms with Crippen LogP contribution in [0.2, 0.25) is 0 Å². The maximum atomic E-state index is 15.8. The van der Waals surface area contributed by atoms with Gasteiger partial charge < -0.3 is 49.7 Å². The SMILES string of the molecule is CCCCCCCCCCCCOc1cc(C(=O)N[C@@H](CSSC[C@H](NC(=O)c2cc(OCCCCCCCCCCCC)c(OCCCCCCCCCCCC)c(OCCCCCCCCCCCC)c2)C(=O)NCc2ccc3ccc4cccc5ccc2c3c45)C(=O)NCc2ccc3ccc4cccc5ccc2c3c45)cc(OCCCCCCCCCCCC)c1OCCCCCCCCCCCC. The van der Waals surface area contributed by atoms with Gasteiger partial charge in [0, 0.05) is 35.7 Å². The van der Waals surface area contributed by atoms with Crippen molar-refractivity contribution >= 4 is 110 Å². The fourth-order valence-corrected chi connectivity index (χ4v) is 22.7. The zero-order valence-corrected chi connectivity index (χ0v) is 90.9. The lowest BCUT2D eigenvalue weighted by Crippen LogP contribution is -2.48. The van der Waals surface area contributed by atoms with Crippen molar-refractivity contribution in [3.8, 4) is 34.5 Å². The first-order valence-electron chi connectivity index (χ1n) is 57.9. The van der Waals surface area contributed by atoms with Crippen LogP contribution in [0.1, 0.15) is 459 Å². The first-order chi connectivity index (χ1) is 70.0. The molecule has 0 spiro atoms. The van der Waals surface area contributed by atoms with Crippen molar-refractivity contribution in [3.63, 3.8) is 0 Å². The van der Waals surface area contributed by atoms with E-state index >= 15 is 19.2 Å². The second-order valence-electron chi connectivity index (χ2n) is 41.0. The molecule has 10 rings (SSSR count). The summed E-state index contributed by atoms with van der Waals surface area (Å²) < 4.78 is 41.2. The molecule has 10 aromatic rings. The summed E-state index contributed by atoms with van der Waals surface area (Å²) in [5.74, 6) is 1.40. The van der Waals surface area contributed by atoms with Gasteiger partial charge in [-0.05, 0) is 139 Å². The van der Waals surface area contributed by atoms with Crippen LogP contribution in [0.3, 0.4) is 0 Å². The summed E-state index contributed by atoms with van der Waals surface area (Å²) >= 11 is 0. The van der Waals surface area contributed by atoms with E-state index in [4.69, 9.17) is 28.4 Å². The maximum Gasteiger partial charge on any atom is 0.252 e. The molecule has 16 heteroatoms. The molecule has 782 valence electrons. The van der Waals surface area contributed by atoms with Crippen molar-refractivity contribution in [2.24, 2.45) is 0 Å². The van der Waals surface area contributed by atoms with E-state index < -0.39 is 23.9 Å². The highest BCUT2D eigenvalue weighted by Gasteiger charge is 2.30. The van der Waals surface area contributed by atoms with E-state index in [9.17, 15) is 0 Å². The second-order valence-corrected chi connectivity index (χ2v) is 43.6. The number of benzene rings is 10. The van der Waals surface area contributed by atoms with E-state index in [1.54, 1.807) is 24.3 Å². The van der Waals surface area contributed by atoms with E-state index in [1.807, 2.05) is 0 Å². The molecule has 0 aliphatic heterocycles. The van der Waals surface area contributed by atoms with Crippen LogP contribution in [0.25, 0.3) is 64.6 Å². The molecule has 0 aliphatic carbocycles. The number of hydrogen-bond donors (Lipinski definition) is 4. The average molecular weight is 1980 g/mol.